The Morgan fingerprint density at radius 1 is 1.42 bits per heavy atom. The second-order valence-electron chi connectivity index (χ2n) is 5.04. The minimum absolute atomic E-state index is 0.222. The van der Waals surface area contributed by atoms with Crippen molar-refractivity contribution in [3.63, 3.8) is 0 Å². The summed E-state index contributed by atoms with van der Waals surface area (Å²) in [6.07, 6.45) is 4.39. The molecule has 0 bridgehead atoms. The summed E-state index contributed by atoms with van der Waals surface area (Å²) in [4.78, 5) is 4.16. The van der Waals surface area contributed by atoms with E-state index in [1.54, 1.807) is 6.20 Å². The Labute approximate surface area is 119 Å². The lowest BCUT2D eigenvalue weighted by Gasteiger charge is -2.10. The Hall–Kier alpha value is -0.840. The van der Waals surface area contributed by atoms with Crippen LogP contribution in [0.1, 0.15) is 32.3 Å². The van der Waals surface area contributed by atoms with Gasteiger partial charge in [-0.05, 0) is 32.3 Å². The molecular formula is C14H21ClN2O2. The molecule has 1 saturated carbocycles. The van der Waals surface area contributed by atoms with E-state index in [1.807, 2.05) is 19.9 Å². The Balaban J connectivity index is 1.80. The molecule has 0 saturated heterocycles. The molecule has 0 aromatic carbocycles. The van der Waals surface area contributed by atoms with Crippen molar-refractivity contribution in [3.05, 3.63) is 22.8 Å². The monoisotopic (exact) mass is 284 g/mol. The minimum atomic E-state index is 0.222. The predicted molar refractivity (Wildman–Crippen MR) is 75.7 cm³/mol. The normalized spacial score (nSPS) is 14.9. The first-order chi connectivity index (χ1) is 9.15. The zero-order chi connectivity index (χ0) is 13.7. The van der Waals surface area contributed by atoms with E-state index in [4.69, 9.17) is 21.1 Å². The molecule has 0 aliphatic heterocycles. The van der Waals surface area contributed by atoms with Crippen LogP contribution in [0.2, 0.25) is 5.02 Å². The average molecular weight is 285 g/mol. The van der Waals surface area contributed by atoms with Gasteiger partial charge < -0.3 is 14.8 Å². The summed E-state index contributed by atoms with van der Waals surface area (Å²) in [7, 11) is 0. The number of halogens is 1. The van der Waals surface area contributed by atoms with Crippen LogP contribution in [-0.2, 0) is 11.3 Å². The van der Waals surface area contributed by atoms with Gasteiger partial charge in [0.2, 0.25) is 5.88 Å². The van der Waals surface area contributed by atoms with Gasteiger partial charge in [-0.1, -0.05) is 11.6 Å². The zero-order valence-electron chi connectivity index (χ0n) is 11.5. The molecule has 1 N–H and O–H groups in total. The number of pyridine rings is 1. The summed E-state index contributed by atoms with van der Waals surface area (Å²) in [6.45, 7) is 5.84. The van der Waals surface area contributed by atoms with Crippen LogP contribution in [0, 0.1) is 0 Å². The molecule has 1 fully saturated rings. The number of aromatic nitrogens is 1. The molecule has 2 rings (SSSR count). The maximum absolute atomic E-state index is 6.12. The molecule has 106 valence electrons. The van der Waals surface area contributed by atoms with E-state index < -0.39 is 0 Å². The third-order valence-electron chi connectivity index (χ3n) is 2.85. The van der Waals surface area contributed by atoms with Gasteiger partial charge in [0.05, 0.1) is 17.7 Å². The molecule has 0 radical (unpaired) electrons. The molecule has 19 heavy (non-hydrogen) atoms. The topological polar surface area (TPSA) is 43.4 Å². The maximum Gasteiger partial charge on any atom is 0.213 e. The lowest BCUT2D eigenvalue weighted by atomic mass is 10.2. The van der Waals surface area contributed by atoms with Crippen LogP contribution in [-0.4, -0.2) is 30.3 Å². The van der Waals surface area contributed by atoms with E-state index in [0.717, 1.165) is 12.1 Å². The van der Waals surface area contributed by atoms with Gasteiger partial charge in [0.1, 0.15) is 6.61 Å². The molecule has 1 heterocycles. The van der Waals surface area contributed by atoms with Crippen LogP contribution in [0.3, 0.4) is 0 Å². The van der Waals surface area contributed by atoms with Crippen molar-refractivity contribution in [1.82, 2.24) is 10.3 Å². The number of nitrogens with one attached hydrogen (secondary N) is 1. The van der Waals surface area contributed by atoms with E-state index in [1.165, 1.54) is 12.8 Å². The fourth-order valence-electron chi connectivity index (χ4n) is 1.64. The Kier molecular flexibility index (Phi) is 5.43. The molecule has 1 aromatic rings. The van der Waals surface area contributed by atoms with Crippen molar-refractivity contribution >= 4 is 11.6 Å². The van der Waals surface area contributed by atoms with Crippen LogP contribution in [0.25, 0.3) is 0 Å². The van der Waals surface area contributed by atoms with Crippen LogP contribution >= 0.6 is 11.6 Å². The Bertz CT molecular complexity index is 408. The highest BCUT2D eigenvalue weighted by atomic mass is 35.5. The standard InChI is InChI=1S/C14H21ClN2O2/c1-10(2)18-5-6-19-14-7-11(13(15)9-17-14)8-16-12-3-4-12/h7,9-10,12,16H,3-6,8H2,1-2H3. The van der Waals surface area contributed by atoms with Gasteiger partial charge >= 0.3 is 0 Å². The number of nitrogens with zero attached hydrogens (tertiary/aromatic N) is 1. The van der Waals surface area contributed by atoms with Crippen molar-refractivity contribution in [3.8, 4) is 5.88 Å². The van der Waals surface area contributed by atoms with Gasteiger partial charge in [-0.15, -0.1) is 0 Å². The van der Waals surface area contributed by atoms with Crippen molar-refractivity contribution in [2.24, 2.45) is 0 Å². The van der Waals surface area contributed by atoms with Gasteiger partial charge in [0.15, 0.2) is 0 Å². The summed E-state index contributed by atoms with van der Waals surface area (Å²) >= 11 is 6.12. The van der Waals surface area contributed by atoms with Crippen LogP contribution in [0.4, 0.5) is 0 Å². The van der Waals surface area contributed by atoms with Gasteiger partial charge in [0.25, 0.3) is 0 Å². The van der Waals surface area contributed by atoms with Crippen molar-refractivity contribution in [1.29, 1.82) is 0 Å². The zero-order valence-corrected chi connectivity index (χ0v) is 12.2. The molecule has 1 aromatic heterocycles. The summed E-state index contributed by atoms with van der Waals surface area (Å²) < 4.78 is 11.0. The highest BCUT2D eigenvalue weighted by Gasteiger charge is 2.20. The van der Waals surface area contributed by atoms with Crippen LogP contribution in [0.15, 0.2) is 12.3 Å². The molecule has 0 amide bonds. The molecule has 0 unspecified atom stereocenters. The first-order valence-corrected chi connectivity index (χ1v) is 7.15. The SMILES string of the molecule is CC(C)OCCOc1cc(CNC2CC2)c(Cl)cn1. The largest absolute Gasteiger partial charge is 0.475 e. The third kappa shape index (κ3) is 5.35. The third-order valence-corrected chi connectivity index (χ3v) is 3.19. The summed E-state index contributed by atoms with van der Waals surface area (Å²) in [5.74, 6) is 0.601. The quantitative estimate of drug-likeness (QED) is 0.746. The minimum Gasteiger partial charge on any atom is -0.475 e. The smallest absolute Gasteiger partial charge is 0.213 e. The molecule has 4 nitrogen and oxygen atoms in total. The molecule has 0 spiro atoms. The second-order valence-corrected chi connectivity index (χ2v) is 5.44. The van der Waals surface area contributed by atoms with Crippen molar-refractivity contribution in [2.75, 3.05) is 13.2 Å². The lowest BCUT2D eigenvalue weighted by molar-refractivity contribution is 0.0542. The maximum atomic E-state index is 6.12. The molecular weight excluding hydrogens is 264 g/mol. The highest BCUT2D eigenvalue weighted by molar-refractivity contribution is 6.31. The summed E-state index contributed by atoms with van der Waals surface area (Å²) in [5, 5.41) is 4.11. The van der Waals surface area contributed by atoms with Gasteiger partial charge in [0, 0.05) is 24.8 Å². The van der Waals surface area contributed by atoms with E-state index >= 15 is 0 Å². The first-order valence-electron chi connectivity index (χ1n) is 6.77. The van der Waals surface area contributed by atoms with Crippen LogP contribution in [0.5, 0.6) is 5.88 Å². The van der Waals surface area contributed by atoms with E-state index in [2.05, 4.69) is 10.3 Å². The van der Waals surface area contributed by atoms with Gasteiger partial charge in [-0.3, -0.25) is 0 Å². The summed E-state index contributed by atoms with van der Waals surface area (Å²) in [5.41, 5.74) is 1.03. The van der Waals surface area contributed by atoms with Gasteiger partial charge in [-0.2, -0.15) is 0 Å². The molecule has 1 aliphatic carbocycles. The second kappa shape index (κ2) is 7.08. The van der Waals surface area contributed by atoms with E-state index in [-0.39, 0.29) is 6.10 Å². The number of hydrogen-bond donors (Lipinski definition) is 1. The number of ether oxygens (including phenoxy) is 2. The molecule has 5 heteroatoms. The molecule has 1 aliphatic rings. The van der Waals surface area contributed by atoms with Crippen molar-refractivity contribution in [2.45, 2.75) is 45.4 Å². The fraction of sp³-hybridized carbons (Fsp3) is 0.643. The fourth-order valence-corrected chi connectivity index (χ4v) is 1.81. The number of hydrogen-bond acceptors (Lipinski definition) is 4. The van der Waals surface area contributed by atoms with E-state index in [0.29, 0.717) is 30.2 Å². The van der Waals surface area contributed by atoms with Crippen molar-refractivity contribution < 1.29 is 9.47 Å². The highest BCUT2D eigenvalue weighted by Crippen LogP contribution is 2.23. The molecule has 0 atom stereocenters. The first kappa shape index (κ1) is 14.6. The van der Waals surface area contributed by atoms with Gasteiger partial charge in [-0.25, -0.2) is 4.98 Å². The average Bonchev–Trinajstić information content (AvgIpc) is 3.18. The Morgan fingerprint density at radius 2 is 2.21 bits per heavy atom. The Morgan fingerprint density at radius 3 is 2.89 bits per heavy atom. The van der Waals surface area contributed by atoms with E-state index in [9.17, 15) is 0 Å². The lowest BCUT2D eigenvalue weighted by Crippen LogP contribution is -2.16. The van der Waals surface area contributed by atoms with Crippen LogP contribution < -0.4 is 10.1 Å². The summed E-state index contributed by atoms with van der Waals surface area (Å²) in [6, 6.07) is 2.56. The number of rotatable bonds is 8. The predicted octanol–water partition coefficient (Wildman–Crippen LogP) is 2.79.